The van der Waals surface area contributed by atoms with Crippen molar-refractivity contribution in [3.8, 4) is 0 Å². The van der Waals surface area contributed by atoms with Crippen molar-refractivity contribution in [2.75, 3.05) is 6.54 Å². The molecule has 1 aromatic heterocycles. The van der Waals surface area contributed by atoms with Gasteiger partial charge in [-0.2, -0.15) is 0 Å². The van der Waals surface area contributed by atoms with E-state index in [0.29, 0.717) is 0 Å². The van der Waals surface area contributed by atoms with Crippen LogP contribution in [-0.2, 0) is 0 Å². The topological polar surface area (TPSA) is 42.4 Å². The summed E-state index contributed by atoms with van der Waals surface area (Å²) in [6.45, 7) is 3.29. The van der Waals surface area contributed by atoms with Crippen molar-refractivity contribution in [1.82, 2.24) is 4.90 Å². The van der Waals surface area contributed by atoms with Gasteiger partial charge in [0.2, 0.25) is 0 Å². The maximum Gasteiger partial charge on any atom is 0.122 e. The van der Waals surface area contributed by atoms with Crippen molar-refractivity contribution in [3.05, 3.63) is 24.2 Å². The predicted molar refractivity (Wildman–Crippen MR) is 76.8 cm³/mol. The van der Waals surface area contributed by atoms with Gasteiger partial charge in [0.15, 0.2) is 0 Å². The predicted octanol–water partition coefficient (Wildman–Crippen LogP) is 3.32. The molecule has 0 bridgehead atoms. The summed E-state index contributed by atoms with van der Waals surface area (Å²) < 4.78 is 5.67. The van der Waals surface area contributed by atoms with Crippen LogP contribution in [0.2, 0.25) is 0 Å². The summed E-state index contributed by atoms with van der Waals surface area (Å²) in [7, 11) is 0. The molecule has 0 spiro atoms. The Kier molecular flexibility index (Phi) is 3.94. The molecule has 0 aromatic carbocycles. The Morgan fingerprint density at radius 3 is 2.79 bits per heavy atom. The summed E-state index contributed by atoms with van der Waals surface area (Å²) in [6.07, 6.45) is 10.0. The fraction of sp³-hybridized carbons (Fsp3) is 0.750. The van der Waals surface area contributed by atoms with Gasteiger partial charge >= 0.3 is 0 Å². The van der Waals surface area contributed by atoms with E-state index in [1.807, 2.05) is 6.07 Å². The zero-order valence-corrected chi connectivity index (χ0v) is 11.9. The van der Waals surface area contributed by atoms with Crippen molar-refractivity contribution in [3.63, 3.8) is 0 Å². The van der Waals surface area contributed by atoms with Crippen LogP contribution in [0.15, 0.2) is 22.8 Å². The molecule has 4 atom stereocenters. The highest BCUT2D eigenvalue weighted by atomic mass is 16.3. The van der Waals surface area contributed by atoms with E-state index in [-0.39, 0.29) is 12.1 Å². The van der Waals surface area contributed by atoms with E-state index < -0.39 is 0 Å². The highest BCUT2D eigenvalue weighted by Gasteiger charge is 2.39. The molecule has 1 aromatic rings. The largest absolute Gasteiger partial charge is 0.468 e. The second-order valence-electron chi connectivity index (χ2n) is 6.31. The molecule has 0 amide bonds. The summed E-state index contributed by atoms with van der Waals surface area (Å²) in [5, 5.41) is 0. The Morgan fingerprint density at radius 2 is 2.05 bits per heavy atom. The summed E-state index contributed by atoms with van der Waals surface area (Å²) >= 11 is 0. The number of rotatable bonds is 3. The number of nitrogens with zero attached hydrogens (tertiary/aromatic N) is 1. The van der Waals surface area contributed by atoms with Crippen LogP contribution in [0.25, 0.3) is 0 Å². The van der Waals surface area contributed by atoms with Gasteiger partial charge in [-0.15, -0.1) is 0 Å². The van der Waals surface area contributed by atoms with Crippen molar-refractivity contribution in [2.24, 2.45) is 11.7 Å². The lowest BCUT2D eigenvalue weighted by Gasteiger charge is -2.48. The molecule has 3 heteroatoms. The Hall–Kier alpha value is -0.800. The number of furan rings is 1. The molecule has 2 N–H and O–H groups in total. The lowest BCUT2D eigenvalue weighted by atomic mass is 9.77. The molecule has 1 saturated heterocycles. The fourth-order valence-electron chi connectivity index (χ4n) is 4.19. The molecule has 1 saturated carbocycles. The van der Waals surface area contributed by atoms with E-state index >= 15 is 0 Å². The summed E-state index contributed by atoms with van der Waals surface area (Å²) in [6, 6.07) is 5.16. The average molecular weight is 262 g/mol. The standard InChI is InChI=1S/C16H26N2O/c1-12(17)16(15-9-5-11-19-15)18-10-4-7-13-6-2-3-8-14(13)18/h5,9,11-14,16H,2-4,6-8,10,17H2,1H3. The summed E-state index contributed by atoms with van der Waals surface area (Å²) in [5.74, 6) is 1.93. The minimum absolute atomic E-state index is 0.117. The fourth-order valence-corrected chi connectivity index (χ4v) is 4.19. The third kappa shape index (κ3) is 2.59. The first-order valence-corrected chi connectivity index (χ1v) is 7.82. The van der Waals surface area contributed by atoms with Crippen LogP contribution in [0.5, 0.6) is 0 Å². The van der Waals surface area contributed by atoms with Gasteiger partial charge in [-0.3, -0.25) is 4.90 Å². The monoisotopic (exact) mass is 262 g/mol. The van der Waals surface area contributed by atoms with Crippen LogP contribution in [0.1, 0.15) is 57.3 Å². The Balaban J connectivity index is 1.84. The van der Waals surface area contributed by atoms with E-state index in [0.717, 1.165) is 17.7 Å². The molecule has 4 unspecified atom stereocenters. The SMILES string of the molecule is CC(N)C(c1ccco1)N1CCCC2CCCCC21. The highest BCUT2D eigenvalue weighted by molar-refractivity contribution is 5.09. The zero-order valence-electron chi connectivity index (χ0n) is 11.9. The second kappa shape index (κ2) is 5.68. The van der Waals surface area contributed by atoms with Crippen LogP contribution < -0.4 is 5.73 Å². The van der Waals surface area contributed by atoms with Gasteiger partial charge in [0, 0.05) is 12.1 Å². The molecule has 3 nitrogen and oxygen atoms in total. The van der Waals surface area contributed by atoms with E-state index in [9.17, 15) is 0 Å². The van der Waals surface area contributed by atoms with Gasteiger partial charge in [0.1, 0.15) is 5.76 Å². The maximum absolute atomic E-state index is 6.28. The number of likely N-dealkylation sites (tertiary alicyclic amines) is 1. The first kappa shape index (κ1) is 13.2. The van der Waals surface area contributed by atoms with Crippen LogP contribution >= 0.6 is 0 Å². The van der Waals surface area contributed by atoms with Crippen molar-refractivity contribution in [2.45, 2.75) is 63.6 Å². The summed E-state index contributed by atoms with van der Waals surface area (Å²) in [5.41, 5.74) is 6.28. The molecule has 19 heavy (non-hydrogen) atoms. The van der Waals surface area contributed by atoms with E-state index in [2.05, 4.69) is 17.9 Å². The smallest absolute Gasteiger partial charge is 0.122 e. The molecule has 1 aliphatic heterocycles. The normalized spacial score (nSPS) is 31.7. The zero-order chi connectivity index (χ0) is 13.2. The third-order valence-electron chi connectivity index (χ3n) is 4.98. The van der Waals surface area contributed by atoms with Gasteiger partial charge in [-0.1, -0.05) is 12.8 Å². The Labute approximate surface area is 116 Å². The molecule has 1 aliphatic carbocycles. The number of hydrogen-bond donors (Lipinski definition) is 1. The Bertz CT molecular complexity index is 385. The summed E-state index contributed by atoms with van der Waals surface area (Å²) in [4.78, 5) is 2.65. The molecule has 3 rings (SSSR count). The Morgan fingerprint density at radius 1 is 1.26 bits per heavy atom. The minimum atomic E-state index is 0.117. The van der Waals surface area contributed by atoms with Crippen LogP contribution in [-0.4, -0.2) is 23.5 Å². The molecule has 2 aliphatic rings. The van der Waals surface area contributed by atoms with E-state index in [4.69, 9.17) is 10.2 Å². The number of fused-ring (bicyclic) bond motifs is 1. The first-order valence-electron chi connectivity index (χ1n) is 7.82. The number of hydrogen-bond acceptors (Lipinski definition) is 3. The van der Waals surface area contributed by atoms with E-state index in [1.54, 1.807) is 6.26 Å². The molecular formula is C16H26N2O. The van der Waals surface area contributed by atoms with Gasteiger partial charge < -0.3 is 10.2 Å². The highest BCUT2D eigenvalue weighted by Crippen LogP contribution is 2.40. The van der Waals surface area contributed by atoms with Gasteiger partial charge in [0.25, 0.3) is 0 Å². The van der Waals surface area contributed by atoms with Gasteiger partial charge in [0.05, 0.1) is 12.3 Å². The lowest BCUT2D eigenvalue weighted by molar-refractivity contribution is 0.0105. The first-order chi connectivity index (χ1) is 9.27. The molecule has 0 radical (unpaired) electrons. The number of piperidine rings is 1. The van der Waals surface area contributed by atoms with Crippen LogP contribution in [0, 0.1) is 5.92 Å². The number of nitrogens with two attached hydrogens (primary N) is 1. The van der Waals surface area contributed by atoms with Gasteiger partial charge in [-0.05, 0) is 57.2 Å². The molecule has 2 heterocycles. The second-order valence-corrected chi connectivity index (χ2v) is 6.31. The average Bonchev–Trinajstić information content (AvgIpc) is 2.93. The van der Waals surface area contributed by atoms with Gasteiger partial charge in [-0.25, -0.2) is 0 Å². The molecule has 106 valence electrons. The van der Waals surface area contributed by atoms with E-state index in [1.165, 1.54) is 45.1 Å². The van der Waals surface area contributed by atoms with Crippen molar-refractivity contribution in [1.29, 1.82) is 0 Å². The van der Waals surface area contributed by atoms with Crippen LogP contribution in [0.3, 0.4) is 0 Å². The quantitative estimate of drug-likeness (QED) is 0.908. The molecular weight excluding hydrogens is 236 g/mol. The van der Waals surface area contributed by atoms with Crippen LogP contribution in [0.4, 0.5) is 0 Å². The third-order valence-corrected chi connectivity index (χ3v) is 4.98. The van der Waals surface area contributed by atoms with Crippen molar-refractivity contribution < 1.29 is 4.42 Å². The lowest BCUT2D eigenvalue weighted by Crippen LogP contribution is -2.52. The maximum atomic E-state index is 6.28. The molecule has 2 fully saturated rings. The minimum Gasteiger partial charge on any atom is -0.468 e. The van der Waals surface area contributed by atoms with Crippen molar-refractivity contribution >= 4 is 0 Å².